The summed E-state index contributed by atoms with van der Waals surface area (Å²) in [6, 6.07) is 46.1. The van der Waals surface area contributed by atoms with E-state index >= 15 is 0 Å². The molecular formula is C52H40N2O7. The lowest BCUT2D eigenvalue weighted by atomic mass is 9.99. The van der Waals surface area contributed by atoms with Crippen molar-refractivity contribution in [1.82, 2.24) is 0 Å². The molecular weight excluding hydrogens is 765 g/mol. The molecule has 9 heteroatoms. The second kappa shape index (κ2) is 19.0. The smallest absolute Gasteiger partial charge is 0.384 e. The van der Waals surface area contributed by atoms with E-state index in [-0.39, 0.29) is 5.57 Å². The molecule has 0 amide bonds. The van der Waals surface area contributed by atoms with Gasteiger partial charge < -0.3 is 23.9 Å². The number of rotatable bonds is 8. The number of hydrogen-bond acceptors (Lipinski definition) is 6. The minimum absolute atomic E-state index is 0.317. The predicted octanol–water partition coefficient (Wildman–Crippen LogP) is 12.6. The molecule has 2 aromatic heterocycles. The summed E-state index contributed by atoms with van der Waals surface area (Å²) in [5.41, 5.74) is 14.1. The molecule has 6 aromatic carbocycles. The Kier molecular flexibility index (Phi) is 13.2. The Balaban J connectivity index is 0.000000182. The van der Waals surface area contributed by atoms with Crippen LogP contribution in [-0.4, -0.2) is 35.0 Å². The van der Waals surface area contributed by atoms with Crippen molar-refractivity contribution in [2.75, 3.05) is 6.54 Å². The number of nitriles is 1. The third-order valence-corrected chi connectivity index (χ3v) is 10.1. The number of benzene rings is 6. The van der Waals surface area contributed by atoms with Crippen molar-refractivity contribution in [2.45, 2.75) is 27.7 Å². The fraction of sp³-hybridized carbons (Fsp3) is 0.0962. The molecule has 0 aliphatic carbocycles. The van der Waals surface area contributed by atoms with Crippen molar-refractivity contribution in [3.8, 4) is 51.0 Å². The summed E-state index contributed by atoms with van der Waals surface area (Å²) in [6.45, 7) is 14.0. The van der Waals surface area contributed by atoms with Crippen LogP contribution in [0.25, 0.3) is 77.8 Å². The van der Waals surface area contributed by atoms with E-state index in [1.54, 1.807) is 30.3 Å². The number of aryl methyl sites for hydroxylation is 4. The molecule has 2 N–H and O–H groups in total. The van der Waals surface area contributed by atoms with Crippen molar-refractivity contribution in [2.24, 2.45) is 0 Å². The molecule has 9 nitrogen and oxygen atoms in total. The number of furan rings is 2. The number of aldehydes is 1. The van der Waals surface area contributed by atoms with Crippen LogP contribution < -0.4 is 0 Å². The van der Waals surface area contributed by atoms with Crippen LogP contribution in [0.4, 0.5) is 0 Å². The average Bonchev–Trinajstić information content (AvgIpc) is 3.89. The van der Waals surface area contributed by atoms with Gasteiger partial charge in [0.15, 0.2) is 0 Å². The van der Waals surface area contributed by atoms with Gasteiger partial charge in [-0.25, -0.2) is 16.2 Å². The SMILES string of the molecule is Cc1ccc(-c2ccc(-c3cc4ccc(C=C(C#N)C(=O)O)cc4o3)cc2)cc1C.Cc1ccc(-c2ccc(-c3cc4ccc(C=O)cc4o3)cc2)cc1C.[C-]#[N+]CC(=O)O. The number of nitrogens with zero attached hydrogens (tertiary/aromatic N) is 2. The van der Waals surface area contributed by atoms with Gasteiger partial charge in [-0.1, -0.05) is 109 Å². The Hall–Kier alpha value is -8.27. The second-order valence-electron chi connectivity index (χ2n) is 14.4. The van der Waals surface area contributed by atoms with Gasteiger partial charge in [-0.3, -0.25) is 4.79 Å². The van der Waals surface area contributed by atoms with Crippen LogP contribution >= 0.6 is 0 Å². The molecule has 300 valence electrons. The summed E-state index contributed by atoms with van der Waals surface area (Å²) in [5, 5.41) is 27.6. The fourth-order valence-electron chi connectivity index (χ4n) is 6.42. The first-order valence-corrected chi connectivity index (χ1v) is 19.1. The summed E-state index contributed by atoms with van der Waals surface area (Å²) >= 11 is 0. The summed E-state index contributed by atoms with van der Waals surface area (Å²) in [6.07, 6.45) is 2.17. The van der Waals surface area contributed by atoms with Gasteiger partial charge in [-0.2, -0.15) is 5.26 Å². The number of fused-ring (bicyclic) bond motifs is 2. The van der Waals surface area contributed by atoms with E-state index in [1.807, 2.05) is 36.4 Å². The van der Waals surface area contributed by atoms with Crippen LogP contribution in [0.15, 0.2) is 148 Å². The third-order valence-electron chi connectivity index (χ3n) is 10.1. The number of carboxylic acids is 2. The van der Waals surface area contributed by atoms with Gasteiger partial charge in [0.05, 0.1) is 0 Å². The quantitative estimate of drug-likeness (QED) is 0.0668. The van der Waals surface area contributed by atoms with E-state index in [4.69, 9.17) is 30.9 Å². The highest BCUT2D eigenvalue weighted by Crippen LogP contribution is 2.33. The predicted molar refractivity (Wildman–Crippen MR) is 239 cm³/mol. The van der Waals surface area contributed by atoms with E-state index in [0.29, 0.717) is 16.7 Å². The number of carbonyl (C=O) groups is 3. The highest BCUT2D eigenvalue weighted by atomic mass is 16.4. The molecule has 0 atom stereocenters. The Bertz CT molecular complexity index is 3030. The number of carboxylic acid groups (broad SMARTS) is 2. The summed E-state index contributed by atoms with van der Waals surface area (Å²) in [5.74, 6) is -0.771. The first-order valence-electron chi connectivity index (χ1n) is 19.1. The maximum atomic E-state index is 11.0. The highest BCUT2D eigenvalue weighted by Gasteiger charge is 2.11. The summed E-state index contributed by atoms with van der Waals surface area (Å²) in [4.78, 5) is 33.9. The van der Waals surface area contributed by atoms with Crippen LogP contribution in [-0.2, 0) is 9.59 Å². The zero-order valence-electron chi connectivity index (χ0n) is 33.9. The Morgan fingerprint density at radius 3 is 1.39 bits per heavy atom. The minimum Gasteiger partial charge on any atom is -0.477 e. The lowest BCUT2D eigenvalue weighted by Gasteiger charge is -2.06. The van der Waals surface area contributed by atoms with Crippen molar-refractivity contribution in [3.63, 3.8) is 0 Å². The molecule has 8 aromatic rings. The van der Waals surface area contributed by atoms with Gasteiger partial charge in [0.2, 0.25) is 0 Å². The maximum Gasteiger partial charge on any atom is 0.384 e. The summed E-state index contributed by atoms with van der Waals surface area (Å²) < 4.78 is 11.9. The van der Waals surface area contributed by atoms with Gasteiger partial charge in [-0.15, -0.1) is 0 Å². The Morgan fingerprint density at radius 2 is 1.02 bits per heavy atom. The molecule has 0 spiro atoms. The van der Waals surface area contributed by atoms with E-state index < -0.39 is 18.5 Å². The van der Waals surface area contributed by atoms with Gasteiger partial charge >= 0.3 is 18.5 Å². The van der Waals surface area contributed by atoms with E-state index in [0.717, 1.165) is 50.9 Å². The van der Waals surface area contributed by atoms with Crippen LogP contribution in [0.5, 0.6) is 0 Å². The Morgan fingerprint density at radius 1 is 0.590 bits per heavy atom. The van der Waals surface area contributed by atoms with E-state index in [2.05, 4.69) is 105 Å². The van der Waals surface area contributed by atoms with Gasteiger partial charge in [0.25, 0.3) is 0 Å². The van der Waals surface area contributed by atoms with Crippen LogP contribution in [0, 0.1) is 45.6 Å². The lowest BCUT2D eigenvalue weighted by Crippen LogP contribution is -1.97. The minimum atomic E-state index is -1.25. The average molecular weight is 805 g/mol. The molecule has 0 saturated carbocycles. The topological polar surface area (TPSA) is 146 Å². The van der Waals surface area contributed by atoms with E-state index in [1.165, 1.54) is 45.0 Å². The first-order chi connectivity index (χ1) is 29.3. The van der Waals surface area contributed by atoms with E-state index in [9.17, 15) is 14.4 Å². The van der Waals surface area contributed by atoms with Gasteiger partial charge in [0, 0.05) is 27.5 Å². The number of hydrogen-bond donors (Lipinski definition) is 2. The summed E-state index contributed by atoms with van der Waals surface area (Å²) in [7, 11) is 0. The molecule has 8 rings (SSSR count). The van der Waals surface area contributed by atoms with Crippen molar-refractivity contribution < 1.29 is 33.4 Å². The molecule has 0 unspecified atom stereocenters. The molecule has 0 radical (unpaired) electrons. The van der Waals surface area contributed by atoms with Crippen molar-refractivity contribution in [1.29, 1.82) is 5.26 Å². The first kappa shape index (κ1) is 42.3. The van der Waals surface area contributed by atoms with Crippen LogP contribution in [0.2, 0.25) is 0 Å². The number of aliphatic carboxylic acids is 2. The molecule has 0 aliphatic rings. The van der Waals surface area contributed by atoms with Crippen molar-refractivity contribution in [3.05, 3.63) is 184 Å². The normalized spacial score (nSPS) is 10.8. The zero-order valence-corrected chi connectivity index (χ0v) is 33.9. The monoisotopic (exact) mass is 804 g/mol. The van der Waals surface area contributed by atoms with Crippen LogP contribution in [0.3, 0.4) is 0 Å². The lowest BCUT2D eigenvalue weighted by molar-refractivity contribution is -0.135. The molecule has 0 fully saturated rings. The van der Waals surface area contributed by atoms with Crippen LogP contribution in [0.1, 0.15) is 38.2 Å². The van der Waals surface area contributed by atoms with Crippen molar-refractivity contribution >= 4 is 46.2 Å². The number of carbonyl (C=O) groups excluding carboxylic acids is 1. The zero-order chi connectivity index (χ0) is 43.6. The third kappa shape index (κ3) is 10.4. The standard InChI is InChI=1S/C26H19NO3.C23H18O2.C3H3NO2/c1-16-3-5-21(11-17(16)2)19-7-9-20(10-8-19)25-14-22-6-4-18(13-24(22)30-25)12-23(15-27)26(28)29;1-15-3-5-20(11-16(15)2)18-7-9-19(10-8-18)23-13-21-6-4-17(14-24)12-22(21)25-23;1-4-2-3(5)6/h3-14H,1-2H3,(H,28,29);3-14H,1-2H3;2H2,(H,5,6). The highest BCUT2D eigenvalue weighted by molar-refractivity contribution is 5.97. The second-order valence-corrected chi connectivity index (χ2v) is 14.4. The molecule has 2 heterocycles. The maximum absolute atomic E-state index is 11.0. The largest absolute Gasteiger partial charge is 0.477 e. The molecule has 61 heavy (non-hydrogen) atoms. The van der Waals surface area contributed by atoms with Gasteiger partial charge in [0.1, 0.15) is 40.6 Å². The molecule has 0 saturated heterocycles. The molecule has 0 bridgehead atoms. The Labute approximate surface area is 352 Å². The fourth-order valence-corrected chi connectivity index (χ4v) is 6.42. The van der Waals surface area contributed by atoms with Gasteiger partial charge in [-0.05, 0) is 108 Å². The molecule has 0 aliphatic heterocycles.